The summed E-state index contributed by atoms with van der Waals surface area (Å²) in [7, 11) is -3.01. The molecule has 2 aliphatic rings. The van der Waals surface area contributed by atoms with Crippen molar-refractivity contribution in [3.63, 3.8) is 0 Å². The van der Waals surface area contributed by atoms with Crippen molar-refractivity contribution in [1.29, 1.82) is 0 Å². The predicted octanol–water partition coefficient (Wildman–Crippen LogP) is 3.33. The van der Waals surface area contributed by atoms with E-state index in [1.54, 1.807) is 12.1 Å². The smallest absolute Gasteiger partial charge is 0.423 e. The molecule has 2 aliphatic carbocycles. The number of rotatable bonds is 3. The van der Waals surface area contributed by atoms with Gasteiger partial charge >= 0.3 is 14.2 Å². The highest BCUT2D eigenvalue weighted by atomic mass is 16.4. The van der Waals surface area contributed by atoms with Crippen LogP contribution in [0.1, 0.15) is 49.9 Å². The summed E-state index contributed by atoms with van der Waals surface area (Å²) in [5, 5.41) is 39.0. The Hall–Kier alpha value is -3.15. The molecular formula is C30H28B2O4. The van der Waals surface area contributed by atoms with E-state index in [1.807, 2.05) is 24.3 Å². The van der Waals surface area contributed by atoms with Gasteiger partial charge in [0.15, 0.2) is 0 Å². The molecular weight excluding hydrogens is 446 g/mol. The molecule has 4 nitrogen and oxygen atoms in total. The minimum atomic E-state index is -1.51. The summed E-state index contributed by atoms with van der Waals surface area (Å²) in [4.78, 5) is 0. The molecule has 4 aromatic carbocycles. The van der Waals surface area contributed by atoms with Gasteiger partial charge in [-0.25, -0.2) is 0 Å². The first-order valence-corrected chi connectivity index (χ1v) is 12.3. The second kappa shape index (κ2) is 7.67. The third-order valence-electron chi connectivity index (χ3n) is 8.33. The fourth-order valence-electron chi connectivity index (χ4n) is 6.25. The van der Waals surface area contributed by atoms with E-state index < -0.39 is 14.2 Å². The molecule has 0 aromatic heterocycles. The standard InChI is InChI=1S/C30H28B2O4/c1-29(2)25-9-5-17(13-21(25)23-15-19(31(33)34)7-11-27(23)29)18-6-10-26-22(14-18)24-16-20(32(35)36)8-12-28(24)30(26,3)4/h5-16,33-36H,1-4H3. The van der Waals surface area contributed by atoms with Gasteiger partial charge in [0, 0.05) is 10.8 Å². The van der Waals surface area contributed by atoms with Crippen molar-refractivity contribution in [2.45, 2.75) is 38.5 Å². The average Bonchev–Trinajstić information content (AvgIpc) is 3.22. The lowest BCUT2D eigenvalue weighted by atomic mass is 9.77. The van der Waals surface area contributed by atoms with Crippen molar-refractivity contribution < 1.29 is 20.1 Å². The second-order valence-corrected chi connectivity index (χ2v) is 11.1. The van der Waals surface area contributed by atoms with E-state index in [0.717, 1.165) is 33.4 Å². The van der Waals surface area contributed by atoms with E-state index in [-0.39, 0.29) is 10.8 Å². The molecule has 0 heterocycles. The van der Waals surface area contributed by atoms with Gasteiger partial charge in [0.1, 0.15) is 0 Å². The number of hydrogen-bond donors (Lipinski definition) is 4. The summed E-state index contributed by atoms with van der Waals surface area (Å²) < 4.78 is 0. The predicted molar refractivity (Wildman–Crippen MR) is 147 cm³/mol. The van der Waals surface area contributed by atoms with Crippen LogP contribution >= 0.6 is 0 Å². The molecule has 4 aromatic rings. The molecule has 0 amide bonds. The fraction of sp³-hybridized carbons (Fsp3) is 0.200. The van der Waals surface area contributed by atoms with Crippen LogP contribution in [0.15, 0.2) is 72.8 Å². The SMILES string of the molecule is CC1(C)c2ccc(B(O)O)cc2-c2cc(-c3ccc4c(c3)-c3cc(B(O)O)ccc3C4(C)C)ccc21. The quantitative estimate of drug-likeness (QED) is 0.344. The van der Waals surface area contributed by atoms with E-state index in [0.29, 0.717) is 10.9 Å². The highest BCUT2D eigenvalue weighted by Crippen LogP contribution is 2.51. The van der Waals surface area contributed by atoms with E-state index in [9.17, 15) is 20.1 Å². The molecule has 0 saturated heterocycles. The maximum absolute atomic E-state index is 9.76. The van der Waals surface area contributed by atoms with Crippen LogP contribution in [0.5, 0.6) is 0 Å². The molecule has 0 unspecified atom stereocenters. The van der Waals surface area contributed by atoms with E-state index in [1.165, 1.54) is 22.3 Å². The molecule has 0 saturated carbocycles. The molecule has 0 spiro atoms. The molecule has 6 rings (SSSR count). The number of benzene rings is 4. The third kappa shape index (κ3) is 3.19. The zero-order valence-electron chi connectivity index (χ0n) is 20.9. The van der Waals surface area contributed by atoms with Crippen molar-refractivity contribution in [1.82, 2.24) is 0 Å². The normalized spacial score (nSPS) is 15.7. The lowest BCUT2D eigenvalue weighted by Crippen LogP contribution is -2.30. The van der Waals surface area contributed by atoms with Crippen LogP contribution in [0, 0.1) is 0 Å². The Morgan fingerprint density at radius 2 is 0.750 bits per heavy atom. The fourth-order valence-corrected chi connectivity index (χ4v) is 6.25. The maximum Gasteiger partial charge on any atom is 0.488 e. The Balaban J connectivity index is 1.51. The molecule has 178 valence electrons. The van der Waals surface area contributed by atoms with Crippen molar-refractivity contribution in [2.75, 3.05) is 0 Å². The minimum Gasteiger partial charge on any atom is -0.423 e. The summed E-state index contributed by atoms with van der Waals surface area (Å²) in [6.45, 7) is 8.81. The van der Waals surface area contributed by atoms with Gasteiger partial charge in [-0.3, -0.25) is 0 Å². The van der Waals surface area contributed by atoms with Crippen molar-refractivity contribution in [3.8, 4) is 33.4 Å². The molecule has 0 bridgehead atoms. The summed E-state index contributed by atoms with van der Waals surface area (Å²) >= 11 is 0. The summed E-state index contributed by atoms with van der Waals surface area (Å²) in [5.74, 6) is 0. The van der Waals surface area contributed by atoms with Gasteiger partial charge in [0.05, 0.1) is 0 Å². The molecule has 0 fully saturated rings. The number of fused-ring (bicyclic) bond motifs is 6. The maximum atomic E-state index is 9.76. The van der Waals surface area contributed by atoms with Crippen molar-refractivity contribution in [2.24, 2.45) is 0 Å². The third-order valence-corrected chi connectivity index (χ3v) is 8.33. The highest BCUT2D eigenvalue weighted by Gasteiger charge is 2.38. The molecule has 0 aliphatic heterocycles. The van der Waals surface area contributed by atoms with Crippen molar-refractivity contribution >= 4 is 25.2 Å². The minimum absolute atomic E-state index is 0.176. The number of hydrogen-bond acceptors (Lipinski definition) is 4. The lowest BCUT2D eigenvalue weighted by molar-refractivity contribution is 0.424. The summed E-state index contributed by atoms with van der Waals surface area (Å²) in [6.07, 6.45) is 0. The highest BCUT2D eigenvalue weighted by molar-refractivity contribution is 6.59. The molecule has 36 heavy (non-hydrogen) atoms. The van der Waals surface area contributed by atoms with Gasteiger partial charge in [-0.1, -0.05) is 88.4 Å². The average molecular weight is 474 g/mol. The Bertz CT molecular complexity index is 1440. The van der Waals surface area contributed by atoms with Gasteiger partial charge in [-0.2, -0.15) is 0 Å². The zero-order valence-corrected chi connectivity index (χ0v) is 20.9. The van der Waals surface area contributed by atoms with Crippen LogP contribution in [0.25, 0.3) is 33.4 Å². The van der Waals surface area contributed by atoms with E-state index >= 15 is 0 Å². The Morgan fingerprint density at radius 3 is 1.08 bits per heavy atom. The lowest BCUT2D eigenvalue weighted by Gasteiger charge is -2.22. The van der Waals surface area contributed by atoms with Crippen LogP contribution < -0.4 is 10.9 Å². The second-order valence-electron chi connectivity index (χ2n) is 11.1. The Kier molecular flexibility index (Phi) is 4.96. The Labute approximate surface area is 212 Å². The topological polar surface area (TPSA) is 80.9 Å². The first-order valence-electron chi connectivity index (χ1n) is 12.3. The van der Waals surface area contributed by atoms with Gasteiger partial charge in [-0.15, -0.1) is 0 Å². The van der Waals surface area contributed by atoms with Crippen LogP contribution in [-0.4, -0.2) is 34.3 Å². The largest absolute Gasteiger partial charge is 0.488 e. The van der Waals surface area contributed by atoms with Gasteiger partial charge in [0.2, 0.25) is 0 Å². The van der Waals surface area contributed by atoms with Crippen LogP contribution in [0.2, 0.25) is 0 Å². The molecule has 4 N–H and O–H groups in total. The summed E-state index contributed by atoms with van der Waals surface area (Å²) in [5.41, 5.74) is 11.9. The Morgan fingerprint density at radius 1 is 0.444 bits per heavy atom. The van der Waals surface area contributed by atoms with Crippen molar-refractivity contribution in [3.05, 3.63) is 95.1 Å². The van der Waals surface area contributed by atoms with E-state index in [2.05, 4.69) is 64.1 Å². The first-order chi connectivity index (χ1) is 17.0. The molecule has 0 radical (unpaired) electrons. The van der Waals surface area contributed by atoms with E-state index in [4.69, 9.17) is 0 Å². The molecule has 6 heteroatoms. The molecule has 0 atom stereocenters. The van der Waals surface area contributed by atoms with Gasteiger partial charge < -0.3 is 20.1 Å². The van der Waals surface area contributed by atoms with Gasteiger partial charge in [0.25, 0.3) is 0 Å². The van der Waals surface area contributed by atoms with Crippen LogP contribution in [0.4, 0.5) is 0 Å². The van der Waals surface area contributed by atoms with Crippen LogP contribution in [-0.2, 0) is 10.8 Å². The van der Waals surface area contributed by atoms with Gasteiger partial charge in [-0.05, 0) is 78.7 Å². The zero-order chi connectivity index (χ0) is 25.6. The monoisotopic (exact) mass is 474 g/mol. The summed E-state index contributed by atoms with van der Waals surface area (Å²) in [6, 6.07) is 24.5. The van der Waals surface area contributed by atoms with Crippen LogP contribution in [0.3, 0.4) is 0 Å². The first kappa shape index (κ1) is 23.3.